The number of nitrogens with zero attached hydrogens (tertiary/aromatic N) is 2. The third kappa shape index (κ3) is 2.42. The van der Waals surface area contributed by atoms with E-state index in [1.807, 2.05) is 32.2 Å². The average molecular weight is 320 g/mol. The molecule has 22 heavy (non-hydrogen) atoms. The monoisotopic (exact) mass is 320 g/mol. The molecule has 1 aliphatic heterocycles. The molecule has 0 amide bonds. The van der Waals surface area contributed by atoms with Crippen LogP contribution in [0.2, 0.25) is 0 Å². The molecule has 1 aliphatic rings. The van der Waals surface area contributed by atoms with Gasteiger partial charge >= 0.3 is 0 Å². The van der Waals surface area contributed by atoms with Crippen LogP contribution in [0.4, 0.5) is 0 Å². The lowest BCUT2D eigenvalue weighted by atomic mass is 10.1. The first kappa shape index (κ1) is 15.1. The molecule has 3 rings (SSSR count). The molecule has 0 unspecified atom stereocenters. The third-order valence-corrected chi connectivity index (χ3v) is 6.15. The Hall–Kier alpha value is -1.79. The molecule has 1 aromatic carbocycles. The molecule has 0 fully saturated rings. The van der Waals surface area contributed by atoms with E-state index in [-0.39, 0.29) is 0 Å². The topological polar surface area (TPSA) is 51.5 Å². The lowest BCUT2D eigenvalue weighted by molar-refractivity contribution is 0.341. The fourth-order valence-electron chi connectivity index (χ4n) is 2.90. The van der Waals surface area contributed by atoms with Gasteiger partial charge in [0.05, 0.1) is 18.6 Å². The van der Waals surface area contributed by atoms with Crippen molar-refractivity contribution < 1.29 is 13.2 Å². The van der Waals surface area contributed by atoms with Gasteiger partial charge in [-0.25, -0.2) is 8.42 Å². The summed E-state index contributed by atoms with van der Waals surface area (Å²) in [6.45, 7) is 5.27. The highest BCUT2D eigenvalue weighted by Crippen LogP contribution is 2.29. The normalized spacial score (nSPS) is 15.6. The molecular weight excluding hydrogens is 300 g/mol. The van der Waals surface area contributed by atoms with Gasteiger partial charge in [-0.15, -0.1) is 0 Å². The van der Waals surface area contributed by atoms with E-state index < -0.39 is 10.0 Å². The van der Waals surface area contributed by atoms with Crippen molar-refractivity contribution in [2.24, 2.45) is 0 Å². The Morgan fingerprint density at radius 3 is 2.64 bits per heavy atom. The average Bonchev–Trinajstić information content (AvgIpc) is 2.96. The van der Waals surface area contributed by atoms with Gasteiger partial charge < -0.3 is 9.30 Å². The molecule has 0 N–H and O–H groups in total. The van der Waals surface area contributed by atoms with Crippen LogP contribution in [0.5, 0.6) is 5.75 Å². The van der Waals surface area contributed by atoms with E-state index in [9.17, 15) is 8.42 Å². The van der Waals surface area contributed by atoms with Crippen LogP contribution in [0.15, 0.2) is 35.4 Å². The molecule has 0 saturated carbocycles. The van der Waals surface area contributed by atoms with Gasteiger partial charge in [-0.3, -0.25) is 0 Å². The molecule has 0 saturated heterocycles. The second-order valence-electron chi connectivity index (χ2n) is 5.62. The van der Waals surface area contributed by atoms with Crippen molar-refractivity contribution in [3.8, 4) is 5.75 Å². The predicted molar refractivity (Wildman–Crippen MR) is 84.5 cm³/mol. The summed E-state index contributed by atoms with van der Waals surface area (Å²) in [7, 11) is -1.90. The highest BCUT2D eigenvalue weighted by Gasteiger charge is 2.29. The highest BCUT2D eigenvalue weighted by molar-refractivity contribution is 7.89. The van der Waals surface area contributed by atoms with Crippen molar-refractivity contribution in [3.05, 3.63) is 47.3 Å². The molecule has 0 aliphatic carbocycles. The van der Waals surface area contributed by atoms with Crippen LogP contribution in [-0.4, -0.2) is 30.9 Å². The van der Waals surface area contributed by atoms with Gasteiger partial charge in [0.25, 0.3) is 0 Å². The molecular formula is C16H20N2O3S. The van der Waals surface area contributed by atoms with E-state index in [2.05, 4.69) is 4.57 Å². The Bertz CT molecular complexity index is 809. The van der Waals surface area contributed by atoms with E-state index in [1.54, 1.807) is 23.5 Å². The van der Waals surface area contributed by atoms with E-state index in [4.69, 9.17) is 4.74 Å². The summed E-state index contributed by atoms with van der Waals surface area (Å²) in [6.07, 6.45) is 1.99. The van der Waals surface area contributed by atoms with Crippen molar-refractivity contribution in [3.63, 3.8) is 0 Å². The number of fused-ring (bicyclic) bond motifs is 1. The van der Waals surface area contributed by atoms with Gasteiger partial charge in [0, 0.05) is 25.0 Å². The van der Waals surface area contributed by atoms with Crippen LogP contribution >= 0.6 is 0 Å². The maximum Gasteiger partial charge on any atom is 0.243 e. The number of sulfonamides is 1. The van der Waals surface area contributed by atoms with E-state index in [0.29, 0.717) is 35.8 Å². The first-order valence-electron chi connectivity index (χ1n) is 7.23. The van der Waals surface area contributed by atoms with Crippen LogP contribution in [0, 0.1) is 13.8 Å². The lowest BCUT2D eigenvalue weighted by Gasteiger charge is -2.28. The van der Waals surface area contributed by atoms with E-state index in [0.717, 1.165) is 11.3 Å². The maximum absolute atomic E-state index is 13.0. The van der Waals surface area contributed by atoms with E-state index >= 15 is 0 Å². The van der Waals surface area contributed by atoms with Crippen LogP contribution in [0.25, 0.3) is 0 Å². The van der Waals surface area contributed by atoms with Gasteiger partial charge in [0.15, 0.2) is 0 Å². The molecule has 5 nitrogen and oxygen atoms in total. The zero-order valence-electron chi connectivity index (χ0n) is 13.0. The zero-order chi connectivity index (χ0) is 15.9. The minimum atomic E-state index is -3.50. The number of methoxy groups -OCH3 is 1. The minimum absolute atomic E-state index is 0.366. The summed E-state index contributed by atoms with van der Waals surface area (Å²) in [5.41, 5.74) is 2.56. The van der Waals surface area contributed by atoms with Gasteiger partial charge in [-0.2, -0.15) is 4.31 Å². The lowest BCUT2D eigenvalue weighted by Crippen LogP contribution is -2.38. The van der Waals surface area contributed by atoms with Crippen molar-refractivity contribution in [2.75, 3.05) is 13.7 Å². The second kappa shape index (κ2) is 5.44. The first-order chi connectivity index (χ1) is 10.4. The number of ether oxygens (including phenoxy) is 1. The van der Waals surface area contributed by atoms with Gasteiger partial charge in [0.2, 0.25) is 10.0 Å². The van der Waals surface area contributed by atoms with Crippen molar-refractivity contribution in [1.82, 2.24) is 8.87 Å². The first-order valence-corrected chi connectivity index (χ1v) is 8.67. The standard InChI is InChI=1S/C16H20N2O3S/c1-12-10-16(13(2)9-15(12)21-3)22(19,20)18-8-7-17-6-4-5-14(17)11-18/h4-6,9-10H,7-8,11H2,1-3H3. The summed E-state index contributed by atoms with van der Waals surface area (Å²) in [6, 6.07) is 7.41. The number of hydrogen-bond acceptors (Lipinski definition) is 3. The Labute approximate surface area is 131 Å². The fraction of sp³-hybridized carbons (Fsp3) is 0.375. The minimum Gasteiger partial charge on any atom is -0.496 e. The highest BCUT2D eigenvalue weighted by atomic mass is 32.2. The molecule has 0 atom stereocenters. The summed E-state index contributed by atoms with van der Waals surface area (Å²) < 4.78 is 34.8. The van der Waals surface area contributed by atoms with Crippen LogP contribution in [-0.2, 0) is 23.1 Å². The molecule has 0 bridgehead atoms. The van der Waals surface area contributed by atoms with Crippen molar-refractivity contribution in [1.29, 1.82) is 0 Å². The molecule has 0 radical (unpaired) electrons. The molecule has 2 aromatic rings. The molecule has 1 aromatic heterocycles. The maximum atomic E-state index is 13.0. The third-order valence-electron chi connectivity index (χ3n) is 4.16. The van der Waals surface area contributed by atoms with E-state index in [1.165, 1.54) is 0 Å². The van der Waals surface area contributed by atoms with Crippen LogP contribution in [0.1, 0.15) is 16.8 Å². The quantitative estimate of drug-likeness (QED) is 0.872. The SMILES string of the molecule is COc1cc(C)c(S(=O)(=O)N2CCn3cccc3C2)cc1C. The fourth-order valence-corrected chi connectivity index (χ4v) is 4.59. The summed E-state index contributed by atoms with van der Waals surface area (Å²) in [5.74, 6) is 0.712. The van der Waals surface area contributed by atoms with Crippen molar-refractivity contribution >= 4 is 10.0 Å². The Morgan fingerprint density at radius 1 is 1.14 bits per heavy atom. The Balaban J connectivity index is 1.99. The molecule has 0 spiro atoms. The smallest absolute Gasteiger partial charge is 0.243 e. The molecule has 6 heteroatoms. The number of hydrogen-bond donors (Lipinski definition) is 0. The second-order valence-corrected chi connectivity index (χ2v) is 7.53. The molecule has 2 heterocycles. The number of aryl methyl sites for hydroxylation is 2. The van der Waals surface area contributed by atoms with Crippen LogP contribution < -0.4 is 4.74 Å². The largest absolute Gasteiger partial charge is 0.496 e. The Kier molecular flexibility index (Phi) is 3.74. The van der Waals surface area contributed by atoms with Gasteiger partial charge in [-0.1, -0.05) is 0 Å². The Morgan fingerprint density at radius 2 is 1.91 bits per heavy atom. The van der Waals surface area contributed by atoms with Gasteiger partial charge in [-0.05, 0) is 49.2 Å². The number of aromatic nitrogens is 1. The van der Waals surface area contributed by atoms with Crippen LogP contribution in [0.3, 0.4) is 0 Å². The number of rotatable bonds is 3. The summed E-state index contributed by atoms with van der Waals surface area (Å²) >= 11 is 0. The zero-order valence-corrected chi connectivity index (χ0v) is 13.9. The van der Waals surface area contributed by atoms with Crippen molar-refractivity contribution in [2.45, 2.75) is 31.8 Å². The predicted octanol–water partition coefficient (Wildman–Crippen LogP) is 2.32. The summed E-state index contributed by atoms with van der Waals surface area (Å²) in [5, 5.41) is 0. The van der Waals surface area contributed by atoms with Gasteiger partial charge in [0.1, 0.15) is 5.75 Å². The molecule has 118 valence electrons. The number of benzene rings is 1. The summed E-state index contributed by atoms with van der Waals surface area (Å²) in [4.78, 5) is 0.366.